The molecule has 0 spiro atoms. The number of hydrogen-bond donors (Lipinski definition) is 1. The van der Waals surface area contributed by atoms with Gasteiger partial charge in [0.15, 0.2) is 0 Å². The van der Waals surface area contributed by atoms with Crippen LogP contribution in [-0.4, -0.2) is 41.2 Å². The number of aromatic nitrogens is 1. The molecule has 2 heterocycles. The minimum atomic E-state index is -0.269. The molecule has 5 nitrogen and oxygen atoms in total. The van der Waals surface area contributed by atoms with Gasteiger partial charge < -0.3 is 15.4 Å². The van der Waals surface area contributed by atoms with Gasteiger partial charge in [0.1, 0.15) is 0 Å². The van der Waals surface area contributed by atoms with E-state index >= 15 is 0 Å². The van der Waals surface area contributed by atoms with Crippen molar-refractivity contribution in [3.8, 4) is 11.1 Å². The minimum Gasteiger partial charge on any atom is -0.450 e. The summed E-state index contributed by atoms with van der Waals surface area (Å²) < 4.78 is 5.21. The van der Waals surface area contributed by atoms with Gasteiger partial charge in [0.05, 0.1) is 12.6 Å². The fraction of sp³-hybridized carbons (Fsp3) is 0.400. The van der Waals surface area contributed by atoms with Gasteiger partial charge in [-0.15, -0.1) is 0 Å². The summed E-state index contributed by atoms with van der Waals surface area (Å²) in [6.07, 6.45) is 5.98. The molecule has 0 bridgehead atoms. The lowest BCUT2D eigenvalue weighted by Gasteiger charge is -2.39. The lowest BCUT2D eigenvalue weighted by Crippen LogP contribution is -2.55. The summed E-state index contributed by atoms with van der Waals surface area (Å²) in [5.41, 5.74) is 9.62. The van der Waals surface area contributed by atoms with Gasteiger partial charge in [-0.05, 0) is 43.4 Å². The van der Waals surface area contributed by atoms with Crippen molar-refractivity contribution in [1.82, 2.24) is 9.88 Å². The molecule has 3 rings (SSSR count). The van der Waals surface area contributed by atoms with Gasteiger partial charge in [0.25, 0.3) is 0 Å². The molecule has 132 valence electrons. The van der Waals surface area contributed by atoms with Crippen LogP contribution in [0.25, 0.3) is 11.1 Å². The van der Waals surface area contributed by atoms with Crippen molar-refractivity contribution in [1.29, 1.82) is 0 Å². The summed E-state index contributed by atoms with van der Waals surface area (Å²) in [5, 5.41) is 0. The zero-order chi connectivity index (χ0) is 17.6. The maximum Gasteiger partial charge on any atom is 0.410 e. The van der Waals surface area contributed by atoms with E-state index in [1.165, 1.54) is 0 Å². The Kier molecular flexibility index (Phi) is 5.66. The number of rotatable bonds is 4. The second-order valence-corrected chi connectivity index (χ2v) is 6.42. The number of hydrogen-bond acceptors (Lipinski definition) is 4. The highest BCUT2D eigenvalue weighted by Crippen LogP contribution is 2.24. The Bertz CT molecular complexity index is 705. The van der Waals surface area contributed by atoms with Gasteiger partial charge >= 0.3 is 6.09 Å². The van der Waals surface area contributed by atoms with E-state index in [0.29, 0.717) is 19.6 Å². The number of nitrogens with zero attached hydrogens (tertiary/aromatic N) is 2. The maximum atomic E-state index is 12.3. The van der Waals surface area contributed by atoms with Crippen molar-refractivity contribution in [3.63, 3.8) is 0 Å². The fourth-order valence-electron chi connectivity index (χ4n) is 3.41. The van der Waals surface area contributed by atoms with Crippen LogP contribution in [0, 0.1) is 0 Å². The average molecular weight is 339 g/mol. The summed E-state index contributed by atoms with van der Waals surface area (Å²) in [5.74, 6) is 0. The quantitative estimate of drug-likeness (QED) is 0.928. The van der Waals surface area contributed by atoms with E-state index in [2.05, 4.69) is 23.2 Å². The van der Waals surface area contributed by atoms with Crippen LogP contribution in [0.2, 0.25) is 0 Å². The first-order valence-electron chi connectivity index (χ1n) is 8.87. The molecule has 1 amide bonds. The van der Waals surface area contributed by atoms with Crippen molar-refractivity contribution in [2.45, 2.75) is 38.3 Å². The highest BCUT2D eigenvalue weighted by Gasteiger charge is 2.33. The number of pyridine rings is 1. The number of benzene rings is 1. The number of carbonyl (C=O) groups is 1. The Labute approximate surface area is 148 Å². The lowest BCUT2D eigenvalue weighted by atomic mass is 9.91. The molecule has 1 aliphatic rings. The van der Waals surface area contributed by atoms with Gasteiger partial charge in [-0.25, -0.2) is 4.79 Å². The molecule has 1 aromatic carbocycles. The van der Waals surface area contributed by atoms with Gasteiger partial charge in [0, 0.05) is 30.5 Å². The van der Waals surface area contributed by atoms with E-state index in [9.17, 15) is 4.79 Å². The second kappa shape index (κ2) is 8.12. The third-order valence-electron chi connectivity index (χ3n) is 4.68. The summed E-state index contributed by atoms with van der Waals surface area (Å²) >= 11 is 0. The van der Waals surface area contributed by atoms with Crippen molar-refractivity contribution in [2.24, 2.45) is 5.73 Å². The summed E-state index contributed by atoms with van der Waals surface area (Å²) in [6.45, 7) is 2.90. The number of carbonyl (C=O) groups excluding carboxylic acids is 1. The highest BCUT2D eigenvalue weighted by atomic mass is 16.6. The Morgan fingerprint density at radius 1 is 1.28 bits per heavy atom. The van der Waals surface area contributed by atoms with Crippen LogP contribution in [0.3, 0.4) is 0 Å². The van der Waals surface area contributed by atoms with Crippen LogP contribution in [0.4, 0.5) is 4.79 Å². The first-order chi connectivity index (χ1) is 12.2. The van der Waals surface area contributed by atoms with Gasteiger partial charge in [0.2, 0.25) is 0 Å². The van der Waals surface area contributed by atoms with E-state index in [0.717, 1.165) is 29.5 Å². The Hall–Kier alpha value is -2.40. The number of piperidine rings is 1. The molecule has 2 aromatic rings. The Morgan fingerprint density at radius 3 is 2.84 bits per heavy atom. The van der Waals surface area contributed by atoms with Crippen LogP contribution in [0.1, 0.15) is 25.3 Å². The van der Waals surface area contributed by atoms with Crippen LogP contribution >= 0.6 is 0 Å². The molecule has 5 heteroatoms. The topological polar surface area (TPSA) is 68.5 Å². The predicted molar refractivity (Wildman–Crippen MR) is 98.1 cm³/mol. The van der Waals surface area contributed by atoms with Crippen LogP contribution in [0.15, 0.2) is 48.8 Å². The summed E-state index contributed by atoms with van der Waals surface area (Å²) in [6, 6.07) is 12.2. The summed E-state index contributed by atoms with van der Waals surface area (Å²) in [4.78, 5) is 18.4. The lowest BCUT2D eigenvalue weighted by molar-refractivity contribution is 0.0702. The molecule has 2 N–H and O–H groups in total. The van der Waals surface area contributed by atoms with Crippen LogP contribution < -0.4 is 5.73 Å². The van der Waals surface area contributed by atoms with Crippen molar-refractivity contribution in [2.75, 3.05) is 13.2 Å². The minimum absolute atomic E-state index is 0.0430. The largest absolute Gasteiger partial charge is 0.450 e. The van der Waals surface area contributed by atoms with Gasteiger partial charge in [-0.1, -0.05) is 30.3 Å². The third kappa shape index (κ3) is 4.17. The maximum absolute atomic E-state index is 12.3. The summed E-state index contributed by atoms with van der Waals surface area (Å²) in [7, 11) is 0. The van der Waals surface area contributed by atoms with E-state index < -0.39 is 0 Å². The predicted octanol–water partition coefficient (Wildman–Crippen LogP) is 3.24. The molecular weight excluding hydrogens is 314 g/mol. The normalized spacial score (nSPS) is 20.3. The zero-order valence-corrected chi connectivity index (χ0v) is 14.6. The number of nitrogens with two attached hydrogens (primary N) is 1. The third-order valence-corrected chi connectivity index (χ3v) is 4.68. The molecule has 1 saturated heterocycles. The highest BCUT2D eigenvalue weighted by molar-refractivity contribution is 5.68. The van der Waals surface area contributed by atoms with E-state index in [-0.39, 0.29) is 18.2 Å². The van der Waals surface area contributed by atoms with E-state index in [4.69, 9.17) is 10.5 Å². The molecule has 1 fully saturated rings. The van der Waals surface area contributed by atoms with Crippen molar-refractivity contribution >= 4 is 6.09 Å². The Morgan fingerprint density at radius 2 is 2.08 bits per heavy atom. The molecule has 2 unspecified atom stereocenters. The first kappa shape index (κ1) is 17.4. The molecule has 25 heavy (non-hydrogen) atoms. The molecule has 1 aliphatic heterocycles. The molecule has 0 aliphatic carbocycles. The monoisotopic (exact) mass is 339 g/mol. The first-order valence-corrected chi connectivity index (χ1v) is 8.87. The molecule has 1 aromatic heterocycles. The smallest absolute Gasteiger partial charge is 0.410 e. The van der Waals surface area contributed by atoms with Crippen LogP contribution in [0.5, 0.6) is 0 Å². The van der Waals surface area contributed by atoms with Crippen molar-refractivity contribution in [3.05, 3.63) is 54.4 Å². The molecule has 0 saturated carbocycles. The van der Waals surface area contributed by atoms with E-state index in [1.807, 2.05) is 37.5 Å². The zero-order valence-electron chi connectivity index (χ0n) is 14.6. The van der Waals surface area contributed by atoms with E-state index in [1.54, 1.807) is 4.90 Å². The van der Waals surface area contributed by atoms with Crippen molar-refractivity contribution < 1.29 is 9.53 Å². The van der Waals surface area contributed by atoms with Gasteiger partial charge in [-0.2, -0.15) is 0 Å². The fourth-order valence-corrected chi connectivity index (χ4v) is 3.41. The molecular formula is C20H25N3O2. The van der Waals surface area contributed by atoms with Crippen LogP contribution in [-0.2, 0) is 11.2 Å². The number of likely N-dealkylation sites (tertiary alicyclic amines) is 1. The number of ether oxygens (including phenoxy) is 1. The second-order valence-electron chi connectivity index (χ2n) is 6.42. The average Bonchev–Trinajstić information content (AvgIpc) is 2.64. The number of amides is 1. The molecule has 0 radical (unpaired) electrons. The SMILES string of the molecule is CCOC(=O)N1CCCC(N)C1Cc1cncc(-c2ccccc2)c1. The molecule has 2 atom stereocenters. The Balaban J connectivity index is 1.80. The standard InChI is InChI=1S/C20H25N3O2/c1-2-25-20(24)23-10-6-9-18(21)19(23)12-15-11-17(14-22-13-15)16-7-4-3-5-8-16/h3-5,7-8,11,13-14,18-19H,2,6,9-10,12,21H2,1H3. The van der Waals surface area contributed by atoms with Gasteiger partial charge in [-0.3, -0.25) is 4.98 Å².